The van der Waals surface area contributed by atoms with E-state index in [0.717, 1.165) is 0 Å². The van der Waals surface area contributed by atoms with E-state index in [1.165, 1.54) is 6.26 Å². The van der Waals surface area contributed by atoms with Crippen LogP contribution in [0.15, 0.2) is 82.2 Å². The van der Waals surface area contributed by atoms with Gasteiger partial charge in [0.1, 0.15) is 34.8 Å². The summed E-state index contributed by atoms with van der Waals surface area (Å²) in [7, 11) is 3.13. The fraction of sp³-hybridized carbons (Fsp3) is 0.120. The Morgan fingerprint density at radius 1 is 0.812 bits per heavy atom. The molecule has 162 valence electrons. The molecule has 0 bridgehead atoms. The molecule has 0 aliphatic heterocycles. The number of ether oxygens (including phenoxy) is 4. The molecule has 0 aliphatic rings. The van der Waals surface area contributed by atoms with Crippen LogP contribution in [0.25, 0.3) is 11.0 Å². The third-order valence-corrected chi connectivity index (χ3v) is 4.78. The second-order valence-electron chi connectivity index (χ2n) is 6.80. The molecule has 0 saturated heterocycles. The smallest absolute Gasteiger partial charge is 0.235 e. The number of benzene rings is 3. The molecule has 0 unspecified atom stereocenters. The minimum atomic E-state index is -0.317. The van der Waals surface area contributed by atoms with Gasteiger partial charge in [0.15, 0.2) is 12.4 Å². The fourth-order valence-electron chi connectivity index (χ4n) is 3.03. The lowest BCUT2D eigenvalue weighted by Gasteiger charge is -2.08. The largest absolute Gasteiger partial charge is 0.497 e. The molecule has 0 atom stereocenters. The molecular formula is C25H20O7. The number of Topliss-reactive ketones (excluding diaryl/α,β-unsaturated/α-hetero) is 1. The van der Waals surface area contributed by atoms with Crippen molar-refractivity contribution in [1.29, 1.82) is 0 Å². The maximum atomic E-state index is 12.8. The van der Waals surface area contributed by atoms with Crippen LogP contribution >= 0.6 is 0 Å². The van der Waals surface area contributed by atoms with Crippen molar-refractivity contribution in [2.75, 3.05) is 20.8 Å². The highest BCUT2D eigenvalue weighted by atomic mass is 16.5. The zero-order chi connectivity index (χ0) is 22.5. The lowest BCUT2D eigenvalue weighted by Crippen LogP contribution is -2.11. The van der Waals surface area contributed by atoms with Crippen molar-refractivity contribution in [2.24, 2.45) is 0 Å². The topological polar surface area (TPSA) is 84.2 Å². The number of fused-ring (bicyclic) bond motifs is 1. The summed E-state index contributed by atoms with van der Waals surface area (Å²) in [6, 6.07) is 18.4. The monoisotopic (exact) mass is 432 g/mol. The van der Waals surface area contributed by atoms with E-state index in [4.69, 9.17) is 23.4 Å². The fourth-order valence-corrected chi connectivity index (χ4v) is 3.03. The Morgan fingerprint density at radius 3 is 2.06 bits per heavy atom. The van der Waals surface area contributed by atoms with Gasteiger partial charge < -0.3 is 23.4 Å². The van der Waals surface area contributed by atoms with Gasteiger partial charge in [-0.2, -0.15) is 0 Å². The number of carbonyl (C=O) groups excluding carboxylic acids is 1. The highest BCUT2D eigenvalue weighted by Crippen LogP contribution is 2.25. The Hall–Kier alpha value is -4.26. The van der Waals surface area contributed by atoms with Gasteiger partial charge in [0.05, 0.1) is 19.6 Å². The Bertz CT molecular complexity index is 1290. The van der Waals surface area contributed by atoms with Crippen molar-refractivity contribution >= 4 is 16.8 Å². The zero-order valence-electron chi connectivity index (χ0n) is 17.5. The molecule has 1 aromatic heterocycles. The molecule has 3 aromatic carbocycles. The van der Waals surface area contributed by atoms with Crippen molar-refractivity contribution < 1.29 is 28.2 Å². The van der Waals surface area contributed by atoms with Gasteiger partial charge in [0.25, 0.3) is 0 Å². The number of carbonyl (C=O) groups is 1. The predicted octanol–water partition coefficient (Wildman–Crippen LogP) is 4.86. The first-order valence-electron chi connectivity index (χ1n) is 9.75. The average molecular weight is 432 g/mol. The molecule has 7 nitrogen and oxygen atoms in total. The second-order valence-corrected chi connectivity index (χ2v) is 6.80. The van der Waals surface area contributed by atoms with Gasteiger partial charge in [0.2, 0.25) is 11.2 Å². The number of methoxy groups -OCH3 is 2. The molecule has 32 heavy (non-hydrogen) atoms. The summed E-state index contributed by atoms with van der Waals surface area (Å²) in [4.78, 5) is 25.1. The zero-order valence-corrected chi connectivity index (χ0v) is 17.5. The molecule has 0 N–H and O–H groups in total. The molecule has 7 heteroatoms. The van der Waals surface area contributed by atoms with Crippen LogP contribution in [0.3, 0.4) is 0 Å². The van der Waals surface area contributed by atoms with E-state index < -0.39 is 0 Å². The van der Waals surface area contributed by atoms with Gasteiger partial charge in [-0.1, -0.05) is 0 Å². The SMILES string of the molecule is COc1ccc(Oc2coc3cc(OCC(=O)c4ccc(OC)cc4)ccc3c2=O)cc1. The van der Waals surface area contributed by atoms with E-state index >= 15 is 0 Å². The van der Waals surface area contributed by atoms with Crippen molar-refractivity contribution in [3.05, 3.63) is 88.8 Å². The van der Waals surface area contributed by atoms with Crippen LogP contribution < -0.4 is 24.4 Å². The molecule has 0 saturated carbocycles. The third-order valence-electron chi connectivity index (χ3n) is 4.78. The summed E-state index contributed by atoms with van der Waals surface area (Å²) in [6.45, 7) is -0.152. The van der Waals surface area contributed by atoms with E-state index in [9.17, 15) is 9.59 Å². The average Bonchev–Trinajstić information content (AvgIpc) is 2.84. The highest BCUT2D eigenvalue weighted by molar-refractivity contribution is 5.97. The van der Waals surface area contributed by atoms with Crippen LogP contribution in [0.1, 0.15) is 10.4 Å². The second kappa shape index (κ2) is 9.26. The van der Waals surface area contributed by atoms with Crippen molar-refractivity contribution in [1.82, 2.24) is 0 Å². The summed E-state index contributed by atoms with van der Waals surface area (Å²) >= 11 is 0. The lowest BCUT2D eigenvalue weighted by atomic mass is 10.1. The van der Waals surface area contributed by atoms with Crippen LogP contribution in [0, 0.1) is 0 Å². The van der Waals surface area contributed by atoms with Gasteiger partial charge in [-0.15, -0.1) is 0 Å². The Morgan fingerprint density at radius 2 is 1.41 bits per heavy atom. The van der Waals surface area contributed by atoms with E-state index in [-0.39, 0.29) is 23.6 Å². The number of hydrogen-bond donors (Lipinski definition) is 0. The van der Waals surface area contributed by atoms with Crippen molar-refractivity contribution in [3.8, 4) is 28.7 Å². The van der Waals surface area contributed by atoms with Crippen molar-refractivity contribution in [2.45, 2.75) is 0 Å². The maximum absolute atomic E-state index is 12.8. The van der Waals surface area contributed by atoms with Crippen LogP contribution in [0.4, 0.5) is 0 Å². The molecule has 4 aromatic rings. The van der Waals surface area contributed by atoms with Crippen LogP contribution in [0.2, 0.25) is 0 Å². The quantitative estimate of drug-likeness (QED) is 0.368. The summed E-state index contributed by atoms with van der Waals surface area (Å²) in [6.07, 6.45) is 1.25. The highest BCUT2D eigenvalue weighted by Gasteiger charge is 2.12. The van der Waals surface area contributed by atoms with Gasteiger partial charge in [0, 0.05) is 11.6 Å². The third kappa shape index (κ3) is 4.57. The molecule has 4 rings (SSSR count). The van der Waals surface area contributed by atoms with Crippen LogP contribution in [0.5, 0.6) is 28.7 Å². The predicted molar refractivity (Wildman–Crippen MR) is 118 cm³/mol. The molecular weight excluding hydrogens is 412 g/mol. The summed E-state index contributed by atoms with van der Waals surface area (Å²) in [5.74, 6) is 2.12. The van der Waals surface area contributed by atoms with Crippen LogP contribution in [-0.4, -0.2) is 26.6 Å². The van der Waals surface area contributed by atoms with Gasteiger partial charge >= 0.3 is 0 Å². The minimum absolute atomic E-state index is 0.0611. The number of hydrogen-bond acceptors (Lipinski definition) is 7. The Labute approximate surface area is 183 Å². The molecule has 0 amide bonds. The number of ketones is 1. The molecule has 0 aliphatic carbocycles. The van der Waals surface area contributed by atoms with E-state index in [1.54, 1.807) is 80.9 Å². The van der Waals surface area contributed by atoms with E-state index in [2.05, 4.69) is 0 Å². The first-order valence-corrected chi connectivity index (χ1v) is 9.75. The molecule has 1 heterocycles. The van der Waals surface area contributed by atoms with Gasteiger partial charge in [-0.05, 0) is 60.7 Å². The van der Waals surface area contributed by atoms with Crippen LogP contribution in [-0.2, 0) is 0 Å². The summed E-state index contributed by atoms with van der Waals surface area (Å²) in [5, 5.41) is 0.338. The first kappa shape index (κ1) is 21.0. The normalized spacial score (nSPS) is 10.6. The number of rotatable bonds is 8. The van der Waals surface area contributed by atoms with E-state index in [1.807, 2.05) is 0 Å². The minimum Gasteiger partial charge on any atom is -0.497 e. The standard InChI is InChI=1S/C25H20O7/c1-28-17-5-3-16(4-6-17)22(26)14-30-20-11-12-21-23(13-20)31-15-24(25(21)27)32-19-9-7-18(29-2)8-10-19/h3-13,15H,14H2,1-2H3. The molecule has 0 fully saturated rings. The lowest BCUT2D eigenvalue weighted by molar-refractivity contribution is 0.0921. The summed E-state index contributed by atoms with van der Waals surface area (Å²) in [5.41, 5.74) is 0.521. The Balaban J connectivity index is 1.47. The first-order chi connectivity index (χ1) is 15.6. The van der Waals surface area contributed by atoms with Gasteiger partial charge in [-0.25, -0.2) is 0 Å². The van der Waals surface area contributed by atoms with Crippen molar-refractivity contribution in [3.63, 3.8) is 0 Å². The maximum Gasteiger partial charge on any atom is 0.235 e. The summed E-state index contributed by atoms with van der Waals surface area (Å²) < 4.78 is 27.0. The Kier molecular flexibility index (Phi) is 6.07. The molecule has 0 radical (unpaired) electrons. The molecule has 0 spiro atoms. The van der Waals surface area contributed by atoms with Gasteiger partial charge in [-0.3, -0.25) is 9.59 Å². The van der Waals surface area contributed by atoms with E-state index in [0.29, 0.717) is 39.5 Å².